The van der Waals surface area contributed by atoms with Gasteiger partial charge in [-0.3, -0.25) is 14.4 Å². The molecule has 0 bridgehead atoms. The summed E-state index contributed by atoms with van der Waals surface area (Å²) in [6, 6.07) is 10.5. The van der Waals surface area contributed by atoms with E-state index in [1.165, 1.54) is 16.9 Å². The number of benzene rings is 1. The van der Waals surface area contributed by atoms with Gasteiger partial charge in [-0.05, 0) is 60.1 Å². The van der Waals surface area contributed by atoms with E-state index in [9.17, 15) is 19.2 Å². The Morgan fingerprint density at radius 2 is 1.62 bits per heavy atom. The number of nitrogens with one attached hydrogen (secondary N) is 1. The second kappa shape index (κ2) is 13.3. The summed E-state index contributed by atoms with van der Waals surface area (Å²) in [6.07, 6.45) is 0.609. The molecule has 4 rings (SSSR count). The number of methoxy groups -OCH3 is 1. The summed E-state index contributed by atoms with van der Waals surface area (Å²) in [5, 5.41) is 7.46. The second-order valence-electron chi connectivity index (χ2n) is 12.8. The summed E-state index contributed by atoms with van der Waals surface area (Å²) < 4.78 is 17.9. The van der Waals surface area contributed by atoms with Crippen molar-refractivity contribution < 1.29 is 33.4 Å². The van der Waals surface area contributed by atoms with Crippen LogP contribution in [0.1, 0.15) is 62.5 Å². The molecule has 1 unspecified atom stereocenters. The number of aryl methyl sites for hydroxylation is 1. The number of hydrogen-bond donors (Lipinski definition) is 1. The molecule has 0 radical (unpaired) electrons. The maximum atomic E-state index is 13.9. The summed E-state index contributed by atoms with van der Waals surface area (Å²) in [5.41, 5.74) is 1.31. The number of rotatable bonds is 6. The van der Waals surface area contributed by atoms with Crippen LogP contribution in [-0.4, -0.2) is 87.6 Å². The number of carbonyl (C=O) groups excluding carboxylic acids is 4. The Labute approximate surface area is 267 Å². The zero-order valence-corrected chi connectivity index (χ0v) is 27.8. The first-order valence-corrected chi connectivity index (χ1v) is 15.4. The topological polar surface area (TPSA) is 132 Å². The summed E-state index contributed by atoms with van der Waals surface area (Å²) >= 11 is 1.16. The maximum absolute atomic E-state index is 13.9. The van der Waals surface area contributed by atoms with Crippen LogP contribution in [0.4, 0.5) is 15.3 Å². The number of nitrogens with zero attached hydrogens (tertiary/aromatic N) is 4. The predicted octanol–water partition coefficient (Wildman–Crippen LogP) is 5.55. The number of thiophene rings is 1. The number of aromatic nitrogens is 2. The molecule has 1 saturated heterocycles. The lowest BCUT2D eigenvalue weighted by Gasteiger charge is -2.40. The Bertz CT molecular complexity index is 1550. The smallest absolute Gasteiger partial charge is 0.411 e. The lowest BCUT2D eigenvalue weighted by Crippen LogP contribution is -2.61. The standard InChI is InChI=1S/C32H41N5O7S/c1-20-22(18-36(34-20)17-21-12-10-9-11-13-21)25-16-23(26(45-25)28(39)42-8)33-27(38)24-19-35(29(40)43-31(2,3)4)14-15-37(24)30(41)44-32(5,6)7/h9-13,16,18,24H,14-15,17,19H2,1-8H3,(H,33,38). The quantitative estimate of drug-likeness (QED) is 0.274. The van der Waals surface area contributed by atoms with Gasteiger partial charge < -0.3 is 24.4 Å². The summed E-state index contributed by atoms with van der Waals surface area (Å²) in [7, 11) is 1.26. The molecule has 1 atom stereocenters. The second-order valence-corrected chi connectivity index (χ2v) is 13.8. The van der Waals surface area contributed by atoms with Crippen molar-refractivity contribution in [2.24, 2.45) is 0 Å². The van der Waals surface area contributed by atoms with Crippen molar-refractivity contribution in [2.45, 2.75) is 72.3 Å². The molecule has 3 aromatic rings. The molecule has 12 nitrogen and oxygen atoms in total. The van der Waals surface area contributed by atoms with Crippen molar-refractivity contribution in [1.29, 1.82) is 0 Å². The Balaban J connectivity index is 1.63. The highest BCUT2D eigenvalue weighted by atomic mass is 32.1. The van der Waals surface area contributed by atoms with Crippen LogP contribution in [0, 0.1) is 6.92 Å². The minimum Gasteiger partial charge on any atom is -0.465 e. The fraction of sp³-hybridized carbons (Fsp3) is 0.469. The molecule has 1 aliphatic heterocycles. The summed E-state index contributed by atoms with van der Waals surface area (Å²) in [4.78, 5) is 56.4. The lowest BCUT2D eigenvalue weighted by molar-refractivity contribution is -0.123. The van der Waals surface area contributed by atoms with E-state index in [1.54, 1.807) is 47.6 Å². The first-order chi connectivity index (χ1) is 21.0. The van der Waals surface area contributed by atoms with Crippen LogP contribution in [0.3, 0.4) is 0 Å². The van der Waals surface area contributed by atoms with Crippen molar-refractivity contribution in [3.05, 3.63) is 58.7 Å². The van der Waals surface area contributed by atoms with Crippen molar-refractivity contribution in [1.82, 2.24) is 19.6 Å². The van der Waals surface area contributed by atoms with Crippen molar-refractivity contribution in [3.8, 4) is 10.4 Å². The minimum atomic E-state index is -1.12. The van der Waals surface area contributed by atoms with Crippen LogP contribution in [0.5, 0.6) is 0 Å². The molecule has 1 aliphatic rings. The van der Waals surface area contributed by atoms with Crippen LogP contribution in [0.15, 0.2) is 42.6 Å². The van der Waals surface area contributed by atoms with Crippen LogP contribution >= 0.6 is 11.3 Å². The van der Waals surface area contributed by atoms with Gasteiger partial charge >= 0.3 is 18.2 Å². The van der Waals surface area contributed by atoms with E-state index >= 15 is 0 Å². The van der Waals surface area contributed by atoms with Crippen LogP contribution in [0.2, 0.25) is 0 Å². The van der Waals surface area contributed by atoms with Crippen molar-refractivity contribution in [2.75, 3.05) is 32.1 Å². The van der Waals surface area contributed by atoms with E-state index in [4.69, 9.17) is 14.2 Å². The Kier molecular flexibility index (Phi) is 9.91. The normalized spacial score (nSPS) is 15.4. The molecule has 3 heterocycles. The molecule has 2 aromatic heterocycles. The lowest BCUT2D eigenvalue weighted by atomic mass is 10.1. The Hall–Kier alpha value is -4.39. The molecule has 1 aromatic carbocycles. The third kappa shape index (κ3) is 8.62. The van der Waals surface area contributed by atoms with E-state index in [0.29, 0.717) is 11.4 Å². The number of hydrogen-bond acceptors (Lipinski definition) is 9. The number of piperazine rings is 1. The van der Waals surface area contributed by atoms with Crippen LogP contribution < -0.4 is 5.32 Å². The number of ether oxygens (including phenoxy) is 3. The molecule has 45 heavy (non-hydrogen) atoms. The number of esters is 1. The summed E-state index contributed by atoms with van der Waals surface area (Å²) in [5.74, 6) is -1.22. The largest absolute Gasteiger partial charge is 0.465 e. The Morgan fingerprint density at radius 1 is 0.978 bits per heavy atom. The van der Waals surface area contributed by atoms with Gasteiger partial charge in [-0.1, -0.05) is 30.3 Å². The highest BCUT2D eigenvalue weighted by Gasteiger charge is 2.40. The summed E-state index contributed by atoms with van der Waals surface area (Å²) in [6.45, 7) is 13.0. The zero-order chi connectivity index (χ0) is 33.1. The van der Waals surface area contributed by atoms with Gasteiger partial charge in [0.15, 0.2) is 0 Å². The molecule has 0 spiro atoms. The first-order valence-electron chi connectivity index (χ1n) is 14.6. The van der Waals surface area contributed by atoms with Gasteiger partial charge in [0.25, 0.3) is 0 Å². The first kappa shape index (κ1) is 33.5. The van der Waals surface area contributed by atoms with Crippen molar-refractivity contribution >= 4 is 41.1 Å². The van der Waals surface area contributed by atoms with E-state index in [1.807, 2.05) is 48.1 Å². The van der Waals surface area contributed by atoms with Crippen molar-refractivity contribution in [3.63, 3.8) is 0 Å². The Morgan fingerprint density at radius 3 is 2.24 bits per heavy atom. The molecular weight excluding hydrogens is 598 g/mol. The van der Waals surface area contributed by atoms with E-state index in [0.717, 1.165) is 28.2 Å². The zero-order valence-electron chi connectivity index (χ0n) is 27.0. The van der Waals surface area contributed by atoms with E-state index < -0.39 is 41.3 Å². The fourth-order valence-corrected chi connectivity index (χ4v) is 5.82. The highest BCUT2D eigenvalue weighted by Crippen LogP contribution is 2.37. The average molecular weight is 640 g/mol. The van der Waals surface area contributed by atoms with Gasteiger partial charge in [0.2, 0.25) is 5.91 Å². The number of anilines is 1. The van der Waals surface area contributed by atoms with Gasteiger partial charge in [0.1, 0.15) is 22.1 Å². The average Bonchev–Trinajstić information content (AvgIpc) is 3.53. The molecule has 1 fully saturated rings. The molecule has 3 amide bonds. The van der Waals surface area contributed by atoms with Gasteiger partial charge in [-0.2, -0.15) is 5.10 Å². The van der Waals surface area contributed by atoms with Gasteiger partial charge in [0, 0.05) is 29.7 Å². The van der Waals surface area contributed by atoms with Gasteiger partial charge in [0.05, 0.1) is 31.6 Å². The third-order valence-corrected chi connectivity index (χ3v) is 7.87. The SMILES string of the molecule is COC(=O)c1sc(-c2cn(Cc3ccccc3)nc2C)cc1NC(=O)C1CN(C(=O)OC(C)(C)C)CCN1C(=O)OC(C)(C)C. The third-order valence-electron chi connectivity index (χ3n) is 6.72. The monoisotopic (exact) mass is 639 g/mol. The predicted molar refractivity (Wildman–Crippen MR) is 170 cm³/mol. The molecule has 242 valence electrons. The van der Waals surface area contributed by atoms with Gasteiger partial charge in [-0.15, -0.1) is 11.3 Å². The number of amides is 3. The molecule has 0 saturated carbocycles. The van der Waals surface area contributed by atoms with Gasteiger partial charge in [-0.25, -0.2) is 14.4 Å². The fourth-order valence-electron chi connectivity index (χ4n) is 4.73. The molecule has 0 aliphatic carbocycles. The maximum Gasteiger partial charge on any atom is 0.411 e. The minimum absolute atomic E-state index is 0.0464. The molecular formula is C32H41N5O7S. The van der Waals surface area contributed by atoms with E-state index in [-0.39, 0.29) is 30.2 Å². The van der Waals surface area contributed by atoms with Crippen LogP contribution in [0.25, 0.3) is 10.4 Å². The van der Waals surface area contributed by atoms with Crippen LogP contribution in [-0.2, 0) is 25.5 Å². The molecule has 13 heteroatoms. The molecule has 1 N–H and O–H groups in total. The van der Waals surface area contributed by atoms with E-state index in [2.05, 4.69) is 10.4 Å². The number of carbonyl (C=O) groups is 4. The highest BCUT2D eigenvalue weighted by molar-refractivity contribution is 7.18.